The highest BCUT2D eigenvalue weighted by atomic mass is 32.2. The molecule has 0 spiro atoms. The van der Waals surface area contributed by atoms with Gasteiger partial charge in [-0.25, -0.2) is 4.57 Å². The number of benzene rings is 2. The summed E-state index contributed by atoms with van der Waals surface area (Å²) in [5.74, 6) is 1.26. The molecular formula is C24H25N5O3S. The highest BCUT2D eigenvalue weighted by Crippen LogP contribution is 2.25. The molecule has 0 saturated heterocycles. The van der Waals surface area contributed by atoms with Gasteiger partial charge in [0.2, 0.25) is 11.7 Å². The monoisotopic (exact) mass is 463 g/mol. The Kier molecular flexibility index (Phi) is 6.04. The van der Waals surface area contributed by atoms with Crippen LogP contribution in [-0.4, -0.2) is 44.0 Å². The molecular weight excluding hydrogens is 438 g/mol. The summed E-state index contributed by atoms with van der Waals surface area (Å²) in [4.78, 5) is 26.0. The van der Waals surface area contributed by atoms with E-state index in [2.05, 4.69) is 15.5 Å². The van der Waals surface area contributed by atoms with Gasteiger partial charge in [0.25, 0.3) is 5.56 Å². The number of thioether (sulfide) groups is 1. The Hall–Kier alpha value is -3.33. The van der Waals surface area contributed by atoms with Gasteiger partial charge in [0.1, 0.15) is 5.75 Å². The van der Waals surface area contributed by atoms with Crippen LogP contribution >= 0.6 is 11.8 Å². The normalized spacial score (nSPS) is 14.6. The van der Waals surface area contributed by atoms with E-state index in [9.17, 15) is 9.59 Å². The lowest BCUT2D eigenvalue weighted by Crippen LogP contribution is -2.37. The molecule has 0 unspecified atom stereocenters. The number of carbonyl (C=O) groups is 1. The van der Waals surface area contributed by atoms with E-state index in [0.29, 0.717) is 33.3 Å². The first-order chi connectivity index (χ1) is 16.2. The predicted molar refractivity (Wildman–Crippen MR) is 128 cm³/mol. The van der Waals surface area contributed by atoms with Crippen molar-refractivity contribution in [3.63, 3.8) is 0 Å². The lowest BCUT2D eigenvalue weighted by Gasteiger charge is -2.22. The van der Waals surface area contributed by atoms with Crippen molar-refractivity contribution in [1.82, 2.24) is 24.5 Å². The minimum Gasteiger partial charge on any atom is -0.497 e. The van der Waals surface area contributed by atoms with Crippen LogP contribution in [0.5, 0.6) is 5.75 Å². The Bertz CT molecular complexity index is 1370. The molecule has 170 valence electrons. The standard InChI is InChI=1S/C24H25N5O3S/c1-32-18-11-7-10-17(14-18)28-22(31)19-12-5-6-13-20(19)29-23(28)26-27-24(29)33-15-21(30)25-16-8-3-2-4-9-16/h5-7,10-14,16H,2-4,8-9,15H2,1H3,(H,25,30). The van der Waals surface area contributed by atoms with E-state index in [-0.39, 0.29) is 23.3 Å². The second-order valence-corrected chi connectivity index (χ2v) is 9.11. The molecule has 1 amide bonds. The summed E-state index contributed by atoms with van der Waals surface area (Å²) in [6, 6.07) is 14.9. The van der Waals surface area contributed by atoms with Crippen molar-refractivity contribution in [2.75, 3.05) is 12.9 Å². The average molecular weight is 464 g/mol. The number of nitrogens with one attached hydrogen (secondary N) is 1. The Labute approximate surface area is 195 Å². The summed E-state index contributed by atoms with van der Waals surface area (Å²) in [6.07, 6.45) is 5.67. The zero-order chi connectivity index (χ0) is 22.8. The Morgan fingerprint density at radius 1 is 1.12 bits per heavy atom. The van der Waals surface area contributed by atoms with Gasteiger partial charge in [-0.2, -0.15) is 0 Å². The van der Waals surface area contributed by atoms with Crippen LogP contribution in [0.2, 0.25) is 0 Å². The Morgan fingerprint density at radius 3 is 2.76 bits per heavy atom. The Balaban J connectivity index is 1.54. The topological polar surface area (TPSA) is 90.5 Å². The number of carbonyl (C=O) groups excluding carboxylic acids is 1. The molecule has 4 aromatic rings. The third-order valence-corrected chi connectivity index (χ3v) is 6.94. The zero-order valence-corrected chi connectivity index (χ0v) is 19.2. The van der Waals surface area contributed by atoms with Gasteiger partial charge in [0.15, 0.2) is 5.16 Å². The molecule has 1 N–H and O–H groups in total. The molecule has 5 rings (SSSR count). The van der Waals surface area contributed by atoms with Gasteiger partial charge in [-0.3, -0.25) is 14.0 Å². The van der Waals surface area contributed by atoms with E-state index in [1.54, 1.807) is 19.2 Å². The first-order valence-electron chi connectivity index (χ1n) is 11.1. The van der Waals surface area contributed by atoms with Crippen LogP contribution in [0.1, 0.15) is 32.1 Å². The molecule has 1 aliphatic carbocycles. The number of methoxy groups -OCH3 is 1. The second kappa shape index (κ2) is 9.27. The van der Waals surface area contributed by atoms with Gasteiger partial charge in [-0.1, -0.05) is 49.2 Å². The van der Waals surface area contributed by atoms with Gasteiger partial charge >= 0.3 is 0 Å². The SMILES string of the molecule is COc1cccc(-n2c(=O)c3ccccc3n3c(SCC(=O)NC4CCCCC4)nnc23)c1. The fourth-order valence-corrected chi connectivity index (χ4v) is 5.15. The van der Waals surface area contributed by atoms with Crippen molar-refractivity contribution in [3.8, 4) is 11.4 Å². The number of nitrogens with zero attached hydrogens (tertiary/aromatic N) is 4. The molecule has 33 heavy (non-hydrogen) atoms. The minimum absolute atomic E-state index is 0.00549. The van der Waals surface area contributed by atoms with E-state index >= 15 is 0 Å². The number of fused-ring (bicyclic) bond motifs is 3. The smallest absolute Gasteiger partial charge is 0.267 e. The molecule has 2 aromatic carbocycles. The molecule has 1 fully saturated rings. The molecule has 0 atom stereocenters. The molecule has 2 heterocycles. The Morgan fingerprint density at radius 2 is 1.94 bits per heavy atom. The van der Waals surface area contributed by atoms with E-state index in [4.69, 9.17) is 4.74 Å². The quantitative estimate of drug-likeness (QED) is 0.440. The second-order valence-electron chi connectivity index (χ2n) is 8.17. The molecule has 9 heteroatoms. The van der Waals surface area contributed by atoms with Gasteiger partial charge in [-0.05, 0) is 37.1 Å². The van der Waals surface area contributed by atoms with Crippen molar-refractivity contribution in [2.24, 2.45) is 0 Å². The van der Waals surface area contributed by atoms with Crippen molar-refractivity contribution in [3.05, 3.63) is 58.9 Å². The minimum atomic E-state index is -0.189. The van der Waals surface area contributed by atoms with Crippen LogP contribution < -0.4 is 15.6 Å². The largest absolute Gasteiger partial charge is 0.497 e. The molecule has 0 aliphatic heterocycles. The number of amides is 1. The molecule has 0 radical (unpaired) electrons. The number of hydrogen-bond acceptors (Lipinski definition) is 6. The van der Waals surface area contributed by atoms with Gasteiger partial charge in [0.05, 0.1) is 29.5 Å². The summed E-state index contributed by atoms with van der Waals surface area (Å²) >= 11 is 1.32. The molecule has 8 nitrogen and oxygen atoms in total. The van der Waals surface area contributed by atoms with E-state index < -0.39 is 0 Å². The number of aromatic nitrogens is 4. The van der Waals surface area contributed by atoms with Gasteiger partial charge in [0, 0.05) is 12.1 Å². The van der Waals surface area contributed by atoms with Crippen molar-refractivity contribution in [1.29, 1.82) is 0 Å². The van der Waals surface area contributed by atoms with Crippen molar-refractivity contribution < 1.29 is 9.53 Å². The van der Waals surface area contributed by atoms with Gasteiger partial charge in [-0.15, -0.1) is 10.2 Å². The third-order valence-electron chi connectivity index (χ3n) is 6.01. The zero-order valence-electron chi connectivity index (χ0n) is 18.4. The molecule has 0 bridgehead atoms. The lowest BCUT2D eigenvalue weighted by molar-refractivity contribution is -0.119. The summed E-state index contributed by atoms with van der Waals surface area (Å²) in [5.41, 5.74) is 1.15. The van der Waals surface area contributed by atoms with Crippen LogP contribution in [0, 0.1) is 0 Å². The molecule has 1 saturated carbocycles. The third kappa shape index (κ3) is 4.20. The first-order valence-corrected chi connectivity index (χ1v) is 12.1. The van der Waals surface area contributed by atoms with Gasteiger partial charge < -0.3 is 10.1 Å². The maximum atomic E-state index is 13.4. The average Bonchev–Trinajstić information content (AvgIpc) is 3.27. The summed E-state index contributed by atoms with van der Waals surface area (Å²) in [5, 5.41) is 12.9. The molecule has 2 aromatic heterocycles. The van der Waals surface area contributed by atoms with E-state index in [0.717, 1.165) is 12.8 Å². The van der Waals surface area contributed by atoms with E-state index in [1.807, 2.05) is 40.8 Å². The summed E-state index contributed by atoms with van der Waals surface area (Å²) < 4.78 is 8.72. The van der Waals surface area contributed by atoms with E-state index in [1.165, 1.54) is 35.6 Å². The lowest BCUT2D eigenvalue weighted by atomic mass is 9.95. The highest BCUT2D eigenvalue weighted by Gasteiger charge is 2.20. The predicted octanol–water partition coefficient (Wildman–Crippen LogP) is 3.58. The fourth-order valence-electron chi connectivity index (χ4n) is 4.40. The number of para-hydroxylation sites is 1. The van der Waals surface area contributed by atoms with Crippen LogP contribution in [-0.2, 0) is 4.79 Å². The van der Waals surface area contributed by atoms with Crippen molar-refractivity contribution in [2.45, 2.75) is 43.3 Å². The van der Waals surface area contributed by atoms with Crippen LogP contribution in [0.3, 0.4) is 0 Å². The van der Waals surface area contributed by atoms with Crippen LogP contribution in [0.4, 0.5) is 0 Å². The summed E-state index contributed by atoms with van der Waals surface area (Å²) in [7, 11) is 1.59. The number of ether oxygens (including phenoxy) is 1. The highest BCUT2D eigenvalue weighted by molar-refractivity contribution is 7.99. The maximum Gasteiger partial charge on any atom is 0.267 e. The summed E-state index contributed by atoms with van der Waals surface area (Å²) in [6.45, 7) is 0. The fraction of sp³-hybridized carbons (Fsp3) is 0.333. The van der Waals surface area contributed by atoms with Crippen LogP contribution in [0.25, 0.3) is 22.4 Å². The van der Waals surface area contributed by atoms with Crippen LogP contribution in [0.15, 0.2) is 58.5 Å². The first kappa shape index (κ1) is 21.5. The number of hydrogen-bond donors (Lipinski definition) is 1. The number of rotatable bonds is 6. The maximum absolute atomic E-state index is 13.4. The molecule has 1 aliphatic rings. The van der Waals surface area contributed by atoms with Crippen molar-refractivity contribution >= 4 is 34.3 Å².